The number of nitrogens with zero attached hydrogens (tertiary/aromatic N) is 1. The molecule has 19 heavy (non-hydrogen) atoms. The van der Waals surface area contributed by atoms with E-state index in [0.717, 1.165) is 4.90 Å². The summed E-state index contributed by atoms with van der Waals surface area (Å²) in [6.45, 7) is 0.0643. The van der Waals surface area contributed by atoms with Gasteiger partial charge in [-0.3, -0.25) is 4.79 Å². The van der Waals surface area contributed by atoms with Crippen molar-refractivity contribution in [3.05, 3.63) is 0 Å². The number of carboxylic acids is 2. The SMILES string of the molecule is COCCN(CCO)C(=O)NC(CC(=O)O)C(=O)O. The van der Waals surface area contributed by atoms with E-state index in [1.54, 1.807) is 0 Å². The highest BCUT2D eigenvalue weighted by atomic mass is 16.5. The maximum absolute atomic E-state index is 11.7. The Kier molecular flexibility index (Phi) is 8.22. The summed E-state index contributed by atoms with van der Waals surface area (Å²) in [6.07, 6.45) is -0.724. The molecule has 0 heterocycles. The molecule has 0 radical (unpaired) electrons. The van der Waals surface area contributed by atoms with Crippen molar-refractivity contribution < 1.29 is 34.4 Å². The Labute approximate surface area is 109 Å². The fourth-order valence-electron chi connectivity index (χ4n) is 1.25. The van der Waals surface area contributed by atoms with Gasteiger partial charge in [0.1, 0.15) is 6.04 Å². The number of carbonyl (C=O) groups is 3. The molecule has 0 aliphatic rings. The molecule has 110 valence electrons. The zero-order valence-corrected chi connectivity index (χ0v) is 10.5. The van der Waals surface area contributed by atoms with Gasteiger partial charge in [0.25, 0.3) is 0 Å². The van der Waals surface area contributed by atoms with E-state index in [4.69, 9.17) is 20.1 Å². The molecule has 0 aliphatic heterocycles. The monoisotopic (exact) mass is 278 g/mol. The van der Waals surface area contributed by atoms with Gasteiger partial charge in [-0.1, -0.05) is 0 Å². The smallest absolute Gasteiger partial charge is 0.326 e. The molecule has 0 aromatic carbocycles. The van der Waals surface area contributed by atoms with Crippen molar-refractivity contribution in [2.24, 2.45) is 0 Å². The van der Waals surface area contributed by atoms with Crippen LogP contribution in [0, 0.1) is 0 Å². The van der Waals surface area contributed by atoms with Crippen LogP contribution < -0.4 is 5.32 Å². The van der Waals surface area contributed by atoms with Crippen molar-refractivity contribution in [2.75, 3.05) is 33.4 Å². The molecular formula is C10H18N2O7. The average Bonchev–Trinajstić information content (AvgIpc) is 2.32. The van der Waals surface area contributed by atoms with Gasteiger partial charge in [0, 0.05) is 20.2 Å². The largest absolute Gasteiger partial charge is 0.481 e. The minimum Gasteiger partial charge on any atom is -0.481 e. The highest BCUT2D eigenvalue weighted by Crippen LogP contribution is 1.97. The summed E-state index contributed by atoms with van der Waals surface area (Å²) in [5.74, 6) is -2.77. The third-order valence-electron chi connectivity index (χ3n) is 2.20. The van der Waals surface area contributed by atoms with Crippen LogP contribution >= 0.6 is 0 Å². The van der Waals surface area contributed by atoms with Crippen LogP contribution in [0.15, 0.2) is 0 Å². The number of carboxylic acid groups (broad SMARTS) is 2. The Balaban J connectivity index is 4.55. The molecule has 0 aromatic heterocycles. The molecule has 0 aromatic rings. The Morgan fingerprint density at radius 3 is 2.32 bits per heavy atom. The molecule has 0 aliphatic carbocycles. The second-order valence-electron chi connectivity index (χ2n) is 3.64. The van der Waals surface area contributed by atoms with Crippen LogP contribution in [0.4, 0.5) is 4.79 Å². The molecule has 0 spiro atoms. The zero-order valence-electron chi connectivity index (χ0n) is 10.5. The number of hydrogen-bond donors (Lipinski definition) is 4. The number of carbonyl (C=O) groups excluding carboxylic acids is 1. The van der Waals surface area contributed by atoms with Crippen molar-refractivity contribution in [1.82, 2.24) is 10.2 Å². The lowest BCUT2D eigenvalue weighted by Gasteiger charge is -2.23. The molecule has 0 bridgehead atoms. The predicted octanol–water partition coefficient (Wildman–Crippen LogP) is -1.44. The maximum Gasteiger partial charge on any atom is 0.326 e. The minimum absolute atomic E-state index is 0.00535. The normalized spacial score (nSPS) is 11.7. The lowest BCUT2D eigenvalue weighted by molar-refractivity contribution is -0.145. The minimum atomic E-state index is -1.52. The number of aliphatic hydroxyl groups is 1. The zero-order chi connectivity index (χ0) is 14.8. The molecule has 0 fully saturated rings. The van der Waals surface area contributed by atoms with E-state index < -0.39 is 30.4 Å². The van der Waals surface area contributed by atoms with Gasteiger partial charge in [-0.2, -0.15) is 0 Å². The third kappa shape index (κ3) is 7.21. The Bertz CT molecular complexity index is 321. The van der Waals surface area contributed by atoms with Gasteiger partial charge < -0.3 is 30.3 Å². The van der Waals surface area contributed by atoms with Crippen molar-refractivity contribution >= 4 is 18.0 Å². The van der Waals surface area contributed by atoms with E-state index in [1.165, 1.54) is 7.11 Å². The number of nitrogens with one attached hydrogen (secondary N) is 1. The summed E-state index contributed by atoms with van der Waals surface area (Å²) < 4.78 is 4.77. The van der Waals surface area contributed by atoms with E-state index in [-0.39, 0.29) is 26.3 Å². The Hall–Kier alpha value is -1.87. The second kappa shape index (κ2) is 9.11. The van der Waals surface area contributed by atoms with Crippen LogP contribution in [0.5, 0.6) is 0 Å². The van der Waals surface area contributed by atoms with Crippen molar-refractivity contribution in [3.8, 4) is 0 Å². The highest BCUT2D eigenvalue weighted by molar-refractivity contribution is 5.86. The average molecular weight is 278 g/mol. The van der Waals surface area contributed by atoms with Gasteiger partial charge in [0.2, 0.25) is 0 Å². The predicted molar refractivity (Wildman–Crippen MR) is 62.7 cm³/mol. The number of urea groups is 1. The van der Waals surface area contributed by atoms with Gasteiger partial charge in [0.05, 0.1) is 19.6 Å². The Morgan fingerprint density at radius 1 is 1.26 bits per heavy atom. The van der Waals surface area contributed by atoms with E-state index in [2.05, 4.69) is 5.32 Å². The molecule has 1 atom stereocenters. The topological polar surface area (TPSA) is 136 Å². The van der Waals surface area contributed by atoms with E-state index in [0.29, 0.717) is 0 Å². The van der Waals surface area contributed by atoms with Crippen LogP contribution in [0.25, 0.3) is 0 Å². The summed E-state index contributed by atoms with van der Waals surface area (Å²) in [5, 5.41) is 28.2. The van der Waals surface area contributed by atoms with E-state index in [1.807, 2.05) is 0 Å². The van der Waals surface area contributed by atoms with Crippen molar-refractivity contribution in [2.45, 2.75) is 12.5 Å². The number of methoxy groups -OCH3 is 1. The van der Waals surface area contributed by atoms with Gasteiger partial charge >= 0.3 is 18.0 Å². The fourth-order valence-corrected chi connectivity index (χ4v) is 1.25. The van der Waals surface area contributed by atoms with Crippen molar-refractivity contribution in [3.63, 3.8) is 0 Å². The van der Waals surface area contributed by atoms with Gasteiger partial charge in [-0.15, -0.1) is 0 Å². The summed E-state index contributed by atoms with van der Waals surface area (Å²) in [7, 11) is 1.43. The number of amides is 2. The summed E-state index contributed by atoms with van der Waals surface area (Å²) in [4.78, 5) is 34.1. The first-order valence-corrected chi connectivity index (χ1v) is 5.52. The molecule has 2 amide bonds. The first-order chi connectivity index (χ1) is 8.92. The molecule has 0 saturated heterocycles. The molecule has 1 unspecified atom stereocenters. The first-order valence-electron chi connectivity index (χ1n) is 5.52. The summed E-state index contributed by atoms with van der Waals surface area (Å²) >= 11 is 0. The maximum atomic E-state index is 11.7. The van der Waals surface area contributed by atoms with Crippen LogP contribution in [0.3, 0.4) is 0 Å². The molecule has 9 nitrogen and oxygen atoms in total. The Morgan fingerprint density at radius 2 is 1.89 bits per heavy atom. The first kappa shape index (κ1) is 17.1. The molecule has 0 rings (SSSR count). The number of aliphatic carboxylic acids is 2. The van der Waals surface area contributed by atoms with Gasteiger partial charge in [-0.25, -0.2) is 9.59 Å². The van der Waals surface area contributed by atoms with Crippen LogP contribution in [0.2, 0.25) is 0 Å². The molecule has 4 N–H and O–H groups in total. The molecular weight excluding hydrogens is 260 g/mol. The van der Waals surface area contributed by atoms with Gasteiger partial charge in [0.15, 0.2) is 0 Å². The van der Waals surface area contributed by atoms with Crippen LogP contribution in [-0.4, -0.2) is 77.6 Å². The lowest BCUT2D eigenvalue weighted by Crippen LogP contribution is -2.50. The highest BCUT2D eigenvalue weighted by Gasteiger charge is 2.25. The lowest BCUT2D eigenvalue weighted by atomic mass is 10.2. The quantitative estimate of drug-likeness (QED) is 0.405. The van der Waals surface area contributed by atoms with E-state index >= 15 is 0 Å². The number of ether oxygens (including phenoxy) is 1. The second-order valence-corrected chi connectivity index (χ2v) is 3.64. The summed E-state index contributed by atoms with van der Waals surface area (Å²) in [6, 6.07) is -2.28. The number of aliphatic hydroxyl groups excluding tert-OH is 1. The van der Waals surface area contributed by atoms with Crippen molar-refractivity contribution in [1.29, 1.82) is 0 Å². The molecule has 0 saturated carbocycles. The third-order valence-corrected chi connectivity index (χ3v) is 2.20. The van der Waals surface area contributed by atoms with Gasteiger partial charge in [-0.05, 0) is 0 Å². The summed E-state index contributed by atoms with van der Waals surface area (Å²) in [5.41, 5.74) is 0. The van der Waals surface area contributed by atoms with Crippen LogP contribution in [0.1, 0.15) is 6.42 Å². The number of hydrogen-bond acceptors (Lipinski definition) is 5. The fraction of sp³-hybridized carbons (Fsp3) is 0.700. The molecule has 9 heteroatoms. The standard InChI is InChI=1S/C10H18N2O7/c1-19-5-3-12(2-4-13)10(18)11-7(9(16)17)6-8(14)15/h7,13H,2-6H2,1H3,(H,11,18)(H,14,15)(H,16,17). The van der Waals surface area contributed by atoms with Crippen LogP contribution in [-0.2, 0) is 14.3 Å². The number of rotatable bonds is 9. The van der Waals surface area contributed by atoms with E-state index in [9.17, 15) is 14.4 Å².